The van der Waals surface area contributed by atoms with Crippen molar-refractivity contribution in [3.63, 3.8) is 0 Å². The van der Waals surface area contributed by atoms with Crippen molar-refractivity contribution >= 4 is 5.91 Å². The molecule has 5 heteroatoms. The smallest absolute Gasteiger partial charge is 0.223 e. The van der Waals surface area contributed by atoms with Gasteiger partial charge in [0.15, 0.2) is 11.5 Å². The summed E-state index contributed by atoms with van der Waals surface area (Å²) < 4.78 is 11.2. The molecule has 1 heterocycles. The van der Waals surface area contributed by atoms with E-state index in [1.54, 1.807) is 0 Å². The minimum absolute atomic E-state index is 0.0488. The maximum atomic E-state index is 12.4. The number of rotatable bonds is 7. The van der Waals surface area contributed by atoms with Crippen LogP contribution in [0.4, 0.5) is 0 Å². The van der Waals surface area contributed by atoms with Gasteiger partial charge in [0.25, 0.3) is 0 Å². The molecule has 1 aromatic carbocycles. The normalized spacial score (nSPS) is 16.7. The number of benzene rings is 1. The Bertz CT molecular complexity index is 513. The summed E-state index contributed by atoms with van der Waals surface area (Å²) in [7, 11) is 0. The fraction of sp³-hybridized carbons (Fsp3) is 0.611. The highest BCUT2D eigenvalue weighted by molar-refractivity contribution is 5.79. The lowest BCUT2D eigenvalue weighted by Crippen LogP contribution is -2.39. The second-order valence-corrected chi connectivity index (χ2v) is 5.83. The molecule has 1 saturated heterocycles. The Hall–Kier alpha value is -1.75. The van der Waals surface area contributed by atoms with Gasteiger partial charge >= 0.3 is 0 Å². The van der Waals surface area contributed by atoms with Crippen LogP contribution in [-0.4, -0.2) is 32.2 Å². The molecule has 0 aromatic heterocycles. The van der Waals surface area contributed by atoms with Crippen molar-refractivity contribution in [2.45, 2.75) is 39.7 Å². The summed E-state index contributed by atoms with van der Waals surface area (Å²) in [6.07, 6.45) is 1.82. The summed E-state index contributed by atoms with van der Waals surface area (Å²) in [4.78, 5) is 12.4. The summed E-state index contributed by atoms with van der Waals surface area (Å²) in [6, 6.07) is 5.81. The maximum Gasteiger partial charge on any atom is 0.223 e. The molecule has 1 aromatic rings. The number of ether oxygens (including phenoxy) is 2. The van der Waals surface area contributed by atoms with Crippen LogP contribution in [0.3, 0.4) is 0 Å². The first-order valence-electron chi connectivity index (χ1n) is 8.56. The maximum absolute atomic E-state index is 12.4. The fourth-order valence-electron chi connectivity index (χ4n) is 2.84. The molecule has 23 heavy (non-hydrogen) atoms. The van der Waals surface area contributed by atoms with Gasteiger partial charge in [-0.05, 0) is 64.4 Å². The number of carbonyl (C=O) groups is 1. The summed E-state index contributed by atoms with van der Waals surface area (Å²) >= 11 is 0. The molecule has 0 aliphatic carbocycles. The Labute approximate surface area is 138 Å². The third-order valence-electron chi connectivity index (χ3n) is 4.14. The highest BCUT2D eigenvalue weighted by atomic mass is 16.5. The summed E-state index contributed by atoms with van der Waals surface area (Å²) in [5.74, 6) is 1.74. The number of carbonyl (C=O) groups excluding carboxylic acids is 1. The molecule has 1 amide bonds. The van der Waals surface area contributed by atoms with Gasteiger partial charge in [0.1, 0.15) is 0 Å². The topological polar surface area (TPSA) is 59.6 Å². The van der Waals surface area contributed by atoms with Crippen molar-refractivity contribution in [1.29, 1.82) is 0 Å². The molecule has 1 atom stereocenters. The first-order chi connectivity index (χ1) is 11.2. The van der Waals surface area contributed by atoms with Crippen molar-refractivity contribution in [1.82, 2.24) is 10.6 Å². The van der Waals surface area contributed by atoms with Crippen LogP contribution >= 0.6 is 0 Å². The second-order valence-electron chi connectivity index (χ2n) is 5.83. The molecular formula is C18H28N2O3. The molecule has 2 rings (SSSR count). The van der Waals surface area contributed by atoms with E-state index in [1.807, 2.05) is 39.0 Å². The number of piperidine rings is 1. The van der Waals surface area contributed by atoms with Crippen LogP contribution in [0.25, 0.3) is 0 Å². The molecule has 0 saturated carbocycles. The standard InChI is InChI=1S/C18H28N2O3/c1-4-22-16-7-6-15(12-17(16)23-5-2)13(3)20-18(21)14-8-10-19-11-9-14/h6-7,12-14,19H,4-5,8-11H2,1-3H3,(H,20,21). The van der Waals surface area contributed by atoms with Crippen LogP contribution in [0, 0.1) is 5.92 Å². The highest BCUT2D eigenvalue weighted by Gasteiger charge is 2.22. The molecule has 0 radical (unpaired) electrons. The molecule has 1 aliphatic rings. The Morgan fingerprint density at radius 3 is 2.52 bits per heavy atom. The molecule has 1 aliphatic heterocycles. The monoisotopic (exact) mass is 320 g/mol. The van der Waals surface area contributed by atoms with E-state index >= 15 is 0 Å². The quantitative estimate of drug-likeness (QED) is 0.811. The largest absolute Gasteiger partial charge is 0.490 e. The Balaban J connectivity index is 2.04. The number of hydrogen-bond acceptors (Lipinski definition) is 4. The van der Waals surface area contributed by atoms with Gasteiger partial charge in [0, 0.05) is 5.92 Å². The van der Waals surface area contributed by atoms with Crippen LogP contribution < -0.4 is 20.1 Å². The van der Waals surface area contributed by atoms with Crippen LogP contribution in [0.15, 0.2) is 18.2 Å². The van der Waals surface area contributed by atoms with Crippen molar-refractivity contribution in [3.8, 4) is 11.5 Å². The van der Waals surface area contributed by atoms with E-state index in [0.717, 1.165) is 43.0 Å². The van der Waals surface area contributed by atoms with E-state index in [9.17, 15) is 4.79 Å². The number of amides is 1. The molecule has 1 fully saturated rings. The molecular weight excluding hydrogens is 292 g/mol. The third-order valence-corrected chi connectivity index (χ3v) is 4.14. The Morgan fingerprint density at radius 1 is 1.22 bits per heavy atom. The molecule has 0 spiro atoms. The first kappa shape index (κ1) is 17.6. The van der Waals surface area contributed by atoms with Gasteiger partial charge < -0.3 is 20.1 Å². The van der Waals surface area contributed by atoms with Crippen LogP contribution in [-0.2, 0) is 4.79 Å². The molecule has 1 unspecified atom stereocenters. The van der Waals surface area contributed by atoms with Crippen molar-refractivity contribution in [2.24, 2.45) is 5.92 Å². The van der Waals surface area contributed by atoms with Crippen LogP contribution in [0.5, 0.6) is 11.5 Å². The van der Waals surface area contributed by atoms with Gasteiger partial charge in [-0.25, -0.2) is 0 Å². The van der Waals surface area contributed by atoms with Crippen molar-refractivity contribution in [2.75, 3.05) is 26.3 Å². The van der Waals surface area contributed by atoms with Gasteiger partial charge in [-0.15, -0.1) is 0 Å². The predicted molar refractivity (Wildman–Crippen MR) is 90.9 cm³/mol. The molecule has 0 bridgehead atoms. The minimum atomic E-state index is -0.0488. The first-order valence-corrected chi connectivity index (χ1v) is 8.56. The summed E-state index contributed by atoms with van der Waals surface area (Å²) in [5, 5.41) is 6.41. The summed E-state index contributed by atoms with van der Waals surface area (Å²) in [6.45, 7) is 8.93. The lowest BCUT2D eigenvalue weighted by molar-refractivity contribution is -0.126. The fourth-order valence-corrected chi connectivity index (χ4v) is 2.84. The molecule has 5 nitrogen and oxygen atoms in total. The Kier molecular flexibility index (Phi) is 6.71. The minimum Gasteiger partial charge on any atom is -0.490 e. The van der Waals surface area contributed by atoms with Crippen molar-refractivity contribution in [3.05, 3.63) is 23.8 Å². The second kappa shape index (κ2) is 8.77. The van der Waals surface area contributed by atoms with Crippen LogP contribution in [0.2, 0.25) is 0 Å². The Morgan fingerprint density at radius 2 is 1.87 bits per heavy atom. The SMILES string of the molecule is CCOc1ccc(C(C)NC(=O)C2CCNCC2)cc1OCC. The molecule has 2 N–H and O–H groups in total. The van der Waals surface area contributed by atoms with Gasteiger partial charge in [0.05, 0.1) is 19.3 Å². The van der Waals surface area contributed by atoms with Gasteiger partial charge in [-0.2, -0.15) is 0 Å². The lowest BCUT2D eigenvalue weighted by Gasteiger charge is -2.24. The third kappa shape index (κ3) is 4.86. The highest BCUT2D eigenvalue weighted by Crippen LogP contribution is 2.31. The van der Waals surface area contributed by atoms with E-state index in [4.69, 9.17) is 9.47 Å². The zero-order chi connectivity index (χ0) is 16.7. The van der Waals surface area contributed by atoms with E-state index in [1.165, 1.54) is 0 Å². The van der Waals surface area contributed by atoms with Gasteiger partial charge in [0.2, 0.25) is 5.91 Å². The zero-order valence-corrected chi connectivity index (χ0v) is 14.4. The summed E-state index contributed by atoms with van der Waals surface area (Å²) in [5.41, 5.74) is 1.03. The molecule has 128 valence electrons. The zero-order valence-electron chi connectivity index (χ0n) is 14.4. The van der Waals surface area contributed by atoms with E-state index < -0.39 is 0 Å². The van der Waals surface area contributed by atoms with Gasteiger partial charge in [-0.3, -0.25) is 4.79 Å². The van der Waals surface area contributed by atoms with Crippen LogP contribution in [0.1, 0.15) is 45.2 Å². The number of hydrogen-bond donors (Lipinski definition) is 2. The van der Waals surface area contributed by atoms with Crippen molar-refractivity contribution < 1.29 is 14.3 Å². The van der Waals surface area contributed by atoms with E-state index in [-0.39, 0.29) is 17.9 Å². The number of nitrogens with one attached hydrogen (secondary N) is 2. The van der Waals surface area contributed by atoms with E-state index in [0.29, 0.717) is 13.2 Å². The predicted octanol–water partition coefficient (Wildman–Crippen LogP) is 2.66. The van der Waals surface area contributed by atoms with Gasteiger partial charge in [-0.1, -0.05) is 6.07 Å². The van der Waals surface area contributed by atoms with E-state index in [2.05, 4.69) is 10.6 Å². The average Bonchev–Trinajstić information content (AvgIpc) is 2.57. The lowest BCUT2D eigenvalue weighted by atomic mass is 9.96. The average molecular weight is 320 g/mol.